The molecule has 0 saturated carbocycles. The SMILES string of the molecule is O=C(Cc1cccc(Cl)c1)NCCCCNc1cc(-c2ccccc2Cl)nc2c(Br)cnn12. The van der Waals surface area contributed by atoms with E-state index in [4.69, 9.17) is 28.2 Å². The Morgan fingerprint density at radius 2 is 1.85 bits per heavy atom. The lowest BCUT2D eigenvalue weighted by atomic mass is 10.1. The summed E-state index contributed by atoms with van der Waals surface area (Å²) in [6, 6.07) is 16.9. The number of rotatable bonds is 9. The van der Waals surface area contributed by atoms with E-state index in [1.807, 2.05) is 48.5 Å². The zero-order chi connectivity index (χ0) is 23.2. The normalized spacial score (nSPS) is 11.0. The second kappa shape index (κ2) is 11.0. The Balaban J connectivity index is 1.32. The Labute approximate surface area is 210 Å². The Morgan fingerprint density at radius 1 is 1.03 bits per heavy atom. The number of nitrogens with zero attached hydrogens (tertiary/aromatic N) is 3. The van der Waals surface area contributed by atoms with Crippen molar-refractivity contribution in [1.29, 1.82) is 0 Å². The summed E-state index contributed by atoms with van der Waals surface area (Å²) in [4.78, 5) is 16.8. The maximum atomic E-state index is 12.1. The minimum absolute atomic E-state index is 0.00755. The van der Waals surface area contributed by atoms with E-state index in [1.54, 1.807) is 16.8 Å². The van der Waals surface area contributed by atoms with Crippen molar-refractivity contribution in [1.82, 2.24) is 19.9 Å². The van der Waals surface area contributed by atoms with Crippen LogP contribution in [0.2, 0.25) is 10.0 Å². The van der Waals surface area contributed by atoms with Crippen LogP contribution in [0, 0.1) is 0 Å². The van der Waals surface area contributed by atoms with Gasteiger partial charge in [-0.25, -0.2) is 4.98 Å². The Kier molecular flexibility index (Phi) is 7.85. The molecule has 4 aromatic rings. The number of benzene rings is 2. The van der Waals surface area contributed by atoms with Gasteiger partial charge in [0.25, 0.3) is 0 Å². The predicted molar refractivity (Wildman–Crippen MR) is 137 cm³/mol. The van der Waals surface area contributed by atoms with Gasteiger partial charge in [-0.15, -0.1) is 0 Å². The zero-order valence-electron chi connectivity index (χ0n) is 17.7. The lowest BCUT2D eigenvalue weighted by Crippen LogP contribution is -2.26. The van der Waals surface area contributed by atoms with Crippen LogP contribution in [-0.4, -0.2) is 33.6 Å². The molecule has 0 aliphatic rings. The van der Waals surface area contributed by atoms with Crippen molar-refractivity contribution in [2.24, 2.45) is 0 Å². The van der Waals surface area contributed by atoms with E-state index in [9.17, 15) is 4.79 Å². The molecule has 0 aliphatic carbocycles. The summed E-state index contributed by atoms with van der Waals surface area (Å²) in [5.74, 6) is 0.817. The van der Waals surface area contributed by atoms with Crippen molar-refractivity contribution in [2.75, 3.05) is 18.4 Å². The topological polar surface area (TPSA) is 71.3 Å². The highest BCUT2D eigenvalue weighted by molar-refractivity contribution is 9.10. The van der Waals surface area contributed by atoms with E-state index >= 15 is 0 Å². The molecule has 2 N–H and O–H groups in total. The van der Waals surface area contributed by atoms with E-state index in [-0.39, 0.29) is 5.91 Å². The van der Waals surface area contributed by atoms with E-state index in [0.29, 0.717) is 28.7 Å². The predicted octanol–water partition coefficient (Wildman–Crippen LogP) is 6.02. The molecule has 0 saturated heterocycles. The van der Waals surface area contributed by atoms with Crippen LogP contribution in [0.3, 0.4) is 0 Å². The molecule has 2 heterocycles. The molecule has 9 heteroatoms. The molecule has 2 aromatic carbocycles. The Morgan fingerprint density at radius 3 is 2.67 bits per heavy atom. The number of hydrogen-bond acceptors (Lipinski definition) is 4. The molecule has 2 aromatic heterocycles. The van der Waals surface area contributed by atoms with Gasteiger partial charge in [0.15, 0.2) is 5.65 Å². The van der Waals surface area contributed by atoms with Gasteiger partial charge in [-0.05, 0) is 52.5 Å². The van der Waals surface area contributed by atoms with Crippen molar-refractivity contribution in [3.8, 4) is 11.3 Å². The number of carbonyl (C=O) groups is 1. The van der Waals surface area contributed by atoms with Crippen molar-refractivity contribution in [3.05, 3.63) is 80.9 Å². The van der Waals surface area contributed by atoms with Crippen LogP contribution in [-0.2, 0) is 11.2 Å². The zero-order valence-corrected chi connectivity index (χ0v) is 20.8. The van der Waals surface area contributed by atoms with E-state index < -0.39 is 0 Å². The van der Waals surface area contributed by atoms with E-state index in [2.05, 4.69) is 31.7 Å². The number of nitrogens with one attached hydrogen (secondary N) is 2. The fourth-order valence-electron chi connectivity index (χ4n) is 3.46. The van der Waals surface area contributed by atoms with Gasteiger partial charge in [0.05, 0.1) is 22.8 Å². The molecule has 33 heavy (non-hydrogen) atoms. The minimum atomic E-state index is -0.00755. The largest absolute Gasteiger partial charge is 0.370 e. The molecule has 0 aliphatic heterocycles. The maximum absolute atomic E-state index is 12.1. The van der Waals surface area contributed by atoms with Gasteiger partial charge in [-0.2, -0.15) is 9.61 Å². The van der Waals surface area contributed by atoms with Gasteiger partial charge >= 0.3 is 0 Å². The van der Waals surface area contributed by atoms with E-state index in [0.717, 1.165) is 46.5 Å². The highest BCUT2D eigenvalue weighted by Gasteiger charge is 2.13. The second-order valence-electron chi connectivity index (χ2n) is 7.52. The fraction of sp³-hybridized carbons (Fsp3) is 0.208. The van der Waals surface area contributed by atoms with Gasteiger partial charge < -0.3 is 10.6 Å². The third-order valence-electron chi connectivity index (χ3n) is 5.06. The average Bonchev–Trinajstić information content (AvgIpc) is 3.17. The van der Waals surface area contributed by atoms with Crippen molar-refractivity contribution >= 4 is 56.5 Å². The third kappa shape index (κ3) is 6.05. The molecule has 4 rings (SSSR count). The summed E-state index contributed by atoms with van der Waals surface area (Å²) in [5.41, 5.74) is 3.25. The Hall–Kier alpha value is -2.61. The van der Waals surface area contributed by atoms with Crippen LogP contribution in [0.25, 0.3) is 16.9 Å². The molecular formula is C24H22BrCl2N5O. The first-order chi connectivity index (χ1) is 16.0. The second-order valence-corrected chi connectivity index (χ2v) is 9.22. The lowest BCUT2D eigenvalue weighted by molar-refractivity contribution is -0.120. The summed E-state index contributed by atoms with van der Waals surface area (Å²) in [6.07, 6.45) is 3.78. The monoisotopic (exact) mass is 545 g/mol. The molecule has 170 valence electrons. The quantitative estimate of drug-likeness (QED) is 0.252. The number of amides is 1. The van der Waals surface area contributed by atoms with Crippen LogP contribution in [0.4, 0.5) is 5.82 Å². The number of fused-ring (bicyclic) bond motifs is 1. The van der Waals surface area contributed by atoms with Gasteiger partial charge in [-0.1, -0.05) is 53.5 Å². The Bertz CT molecular complexity index is 1280. The first kappa shape index (κ1) is 23.5. The highest BCUT2D eigenvalue weighted by Crippen LogP contribution is 2.30. The van der Waals surface area contributed by atoms with Crippen LogP contribution in [0.5, 0.6) is 0 Å². The first-order valence-electron chi connectivity index (χ1n) is 10.6. The van der Waals surface area contributed by atoms with E-state index in [1.165, 1.54) is 0 Å². The molecule has 0 radical (unpaired) electrons. The summed E-state index contributed by atoms with van der Waals surface area (Å²) in [7, 11) is 0. The molecule has 0 bridgehead atoms. The fourth-order valence-corrected chi connectivity index (χ4v) is 4.25. The smallest absolute Gasteiger partial charge is 0.224 e. The van der Waals surface area contributed by atoms with Gasteiger partial charge in [0.2, 0.25) is 5.91 Å². The standard InChI is InChI=1S/C24H22BrCl2N5O/c25-19-15-30-32-22(14-21(31-24(19)32)18-8-1-2-9-20(18)27)28-10-3-4-11-29-23(33)13-16-6-5-7-17(26)12-16/h1-2,5-9,12,14-15,28H,3-4,10-11,13H2,(H,29,33). The number of anilines is 1. The summed E-state index contributed by atoms with van der Waals surface area (Å²) >= 11 is 15.9. The molecule has 0 spiro atoms. The summed E-state index contributed by atoms with van der Waals surface area (Å²) in [5, 5.41) is 12.1. The highest BCUT2D eigenvalue weighted by atomic mass is 79.9. The number of halogens is 3. The average molecular weight is 547 g/mol. The van der Waals surface area contributed by atoms with Gasteiger partial charge in [-0.3, -0.25) is 4.79 Å². The number of unbranched alkanes of at least 4 members (excludes halogenated alkanes) is 1. The first-order valence-corrected chi connectivity index (χ1v) is 12.1. The molecule has 0 unspecified atom stereocenters. The maximum Gasteiger partial charge on any atom is 0.224 e. The van der Waals surface area contributed by atoms with Crippen molar-refractivity contribution in [3.63, 3.8) is 0 Å². The molecule has 0 fully saturated rings. The van der Waals surface area contributed by atoms with Crippen LogP contribution in [0.1, 0.15) is 18.4 Å². The number of aromatic nitrogens is 3. The van der Waals surface area contributed by atoms with Crippen LogP contribution in [0.15, 0.2) is 65.3 Å². The molecule has 1 amide bonds. The molecule has 6 nitrogen and oxygen atoms in total. The number of hydrogen-bond donors (Lipinski definition) is 2. The van der Waals surface area contributed by atoms with Crippen molar-refractivity contribution < 1.29 is 4.79 Å². The minimum Gasteiger partial charge on any atom is -0.370 e. The van der Waals surface area contributed by atoms with Gasteiger partial charge in [0, 0.05) is 34.8 Å². The van der Waals surface area contributed by atoms with Crippen LogP contribution < -0.4 is 10.6 Å². The summed E-state index contributed by atoms with van der Waals surface area (Å²) in [6.45, 7) is 1.34. The lowest BCUT2D eigenvalue weighted by Gasteiger charge is -2.12. The summed E-state index contributed by atoms with van der Waals surface area (Å²) < 4.78 is 2.57. The van der Waals surface area contributed by atoms with Gasteiger partial charge in [0.1, 0.15) is 5.82 Å². The third-order valence-corrected chi connectivity index (χ3v) is 6.19. The molecule has 0 atom stereocenters. The molecular weight excluding hydrogens is 525 g/mol. The number of carbonyl (C=O) groups excluding carboxylic acids is 1. The van der Waals surface area contributed by atoms with Crippen LogP contribution >= 0.6 is 39.1 Å². The van der Waals surface area contributed by atoms with Crippen molar-refractivity contribution in [2.45, 2.75) is 19.3 Å².